The van der Waals surface area contributed by atoms with Crippen molar-refractivity contribution in [2.45, 2.75) is 393 Å². The monoisotopic (exact) mass is 1070 g/mol. The van der Waals surface area contributed by atoms with Gasteiger partial charge in [0, 0.05) is 19.3 Å². The van der Waals surface area contributed by atoms with Gasteiger partial charge >= 0.3 is 17.9 Å². The van der Waals surface area contributed by atoms with Crippen molar-refractivity contribution in [2.75, 3.05) is 13.2 Å². The average Bonchev–Trinajstić information content (AvgIpc) is 3.42. The van der Waals surface area contributed by atoms with Crippen LogP contribution in [0, 0.1) is 0 Å². The fourth-order valence-electron chi connectivity index (χ4n) is 10.5. The van der Waals surface area contributed by atoms with Gasteiger partial charge in [-0.1, -0.05) is 340 Å². The van der Waals surface area contributed by atoms with Crippen molar-refractivity contribution in [3.8, 4) is 0 Å². The highest BCUT2D eigenvalue weighted by Gasteiger charge is 2.19. The minimum atomic E-state index is -0.765. The molecule has 76 heavy (non-hydrogen) atoms. The summed E-state index contributed by atoms with van der Waals surface area (Å²) in [6.45, 7) is 6.70. The SMILES string of the molecule is CCCCCCC/C=C\C/C=C\CCCCCCCCCCCCCCCCCCCC(=O)OCC(COC(=O)CCCCCCCCCCCCCCC)OC(=O)CCCCCCCCCCCCCCCCCC. The molecule has 0 aromatic rings. The predicted octanol–water partition coefficient (Wildman–Crippen LogP) is 23.4. The van der Waals surface area contributed by atoms with E-state index in [4.69, 9.17) is 14.2 Å². The molecule has 0 spiro atoms. The highest BCUT2D eigenvalue weighted by atomic mass is 16.6. The second kappa shape index (κ2) is 65.4. The van der Waals surface area contributed by atoms with Crippen molar-refractivity contribution < 1.29 is 28.6 Å². The van der Waals surface area contributed by atoms with Gasteiger partial charge in [-0.25, -0.2) is 0 Å². The van der Waals surface area contributed by atoms with Crippen molar-refractivity contribution >= 4 is 17.9 Å². The van der Waals surface area contributed by atoms with Crippen LogP contribution in [-0.4, -0.2) is 37.2 Å². The highest BCUT2D eigenvalue weighted by Crippen LogP contribution is 2.18. The number of unbranched alkanes of at least 4 members (excludes halogenated alkanes) is 49. The molecular weight excluding hydrogens is 937 g/mol. The third-order valence-electron chi connectivity index (χ3n) is 15.7. The Morgan fingerprint density at radius 3 is 0.724 bits per heavy atom. The van der Waals surface area contributed by atoms with Crippen molar-refractivity contribution in [1.29, 1.82) is 0 Å². The number of hydrogen-bond acceptors (Lipinski definition) is 6. The van der Waals surface area contributed by atoms with Gasteiger partial charge in [0.25, 0.3) is 0 Å². The Labute approximate surface area is 474 Å². The minimum Gasteiger partial charge on any atom is -0.462 e. The second-order valence-electron chi connectivity index (χ2n) is 23.5. The van der Waals surface area contributed by atoms with Crippen LogP contribution < -0.4 is 0 Å². The largest absolute Gasteiger partial charge is 0.462 e. The van der Waals surface area contributed by atoms with Crippen LogP contribution >= 0.6 is 0 Å². The molecule has 0 aliphatic rings. The summed E-state index contributed by atoms with van der Waals surface area (Å²) in [7, 11) is 0. The maximum Gasteiger partial charge on any atom is 0.306 e. The third kappa shape index (κ3) is 62.7. The maximum absolute atomic E-state index is 12.9. The molecule has 448 valence electrons. The first-order valence-corrected chi connectivity index (χ1v) is 34.3. The summed E-state index contributed by atoms with van der Waals surface area (Å²) in [6.07, 6.45) is 79.2. The number of carbonyl (C=O) groups excluding carboxylic acids is 3. The minimum absolute atomic E-state index is 0.0634. The molecule has 0 saturated heterocycles. The summed E-state index contributed by atoms with van der Waals surface area (Å²) in [6, 6.07) is 0. The predicted molar refractivity (Wildman–Crippen MR) is 330 cm³/mol. The van der Waals surface area contributed by atoms with Crippen LogP contribution in [0.5, 0.6) is 0 Å². The molecule has 0 aromatic carbocycles. The Kier molecular flexibility index (Phi) is 63.6. The lowest BCUT2D eigenvalue weighted by Gasteiger charge is -2.18. The Bertz CT molecular complexity index is 1230. The van der Waals surface area contributed by atoms with E-state index in [9.17, 15) is 14.4 Å². The topological polar surface area (TPSA) is 78.9 Å². The Balaban J connectivity index is 4.15. The van der Waals surface area contributed by atoms with Crippen molar-refractivity contribution in [3.05, 3.63) is 24.3 Å². The van der Waals surface area contributed by atoms with E-state index in [1.165, 1.54) is 283 Å². The smallest absolute Gasteiger partial charge is 0.306 e. The second-order valence-corrected chi connectivity index (χ2v) is 23.5. The summed E-state index contributed by atoms with van der Waals surface area (Å²) in [5, 5.41) is 0. The van der Waals surface area contributed by atoms with Gasteiger partial charge in [-0.3, -0.25) is 14.4 Å². The standard InChI is InChI=1S/C70H132O6/c1-4-7-10-13-16-19-22-25-27-29-30-31-32-33-34-35-36-37-38-39-40-41-43-45-48-51-54-57-60-63-69(72)75-66-67(65-74-68(71)62-59-56-53-50-47-44-24-21-18-15-12-9-6-3)76-70(73)64-61-58-55-52-49-46-42-28-26-23-20-17-14-11-8-5-2/h22,25,29-30,67H,4-21,23-24,26-28,31-66H2,1-3H3/b25-22-,30-29-. The zero-order chi connectivity index (χ0) is 55.0. The fraction of sp³-hybridized carbons (Fsp3) is 0.900. The number of allylic oxidation sites excluding steroid dienone is 4. The van der Waals surface area contributed by atoms with E-state index in [2.05, 4.69) is 45.1 Å². The molecule has 0 saturated carbocycles. The quantitative estimate of drug-likeness (QED) is 0.0261. The van der Waals surface area contributed by atoms with Crippen LogP contribution in [0.25, 0.3) is 0 Å². The summed E-state index contributed by atoms with van der Waals surface area (Å²) in [5.74, 6) is -0.832. The molecule has 0 N–H and O–H groups in total. The molecular formula is C70H132O6. The molecule has 1 atom stereocenters. The molecule has 0 aliphatic carbocycles. The van der Waals surface area contributed by atoms with Gasteiger partial charge in [0.1, 0.15) is 13.2 Å². The number of esters is 3. The molecule has 0 heterocycles. The highest BCUT2D eigenvalue weighted by molar-refractivity contribution is 5.71. The van der Waals surface area contributed by atoms with Crippen LogP contribution in [0.2, 0.25) is 0 Å². The average molecular weight is 1070 g/mol. The molecule has 1 unspecified atom stereocenters. The zero-order valence-corrected chi connectivity index (χ0v) is 51.6. The molecule has 0 amide bonds. The van der Waals surface area contributed by atoms with E-state index in [0.717, 1.165) is 64.2 Å². The van der Waals surface area contributed by atoms with Gasteiger partial charge in [-0.2, -0.15) is 0 Å². The van der Waals surface area contributed by atoms with Crippen LogP contribution in [0.1, 0.15) is 387 Å². The van der Waals surface area contributed by atoms with E-state index < -0.39 is 6.10 Å². The first kappa shape index (κ1) is 73.9. The number of rotatable bonds is 64. The lowest BCUT2D eigenvalue weighted by Crippen LogP contribution is -2.30. The van der Waals surface area contributed by atoms with Gasteiger partial charge < -0.3 is 14.2 Å². The molecule has 0 rings (SSSR count). The van der Waals surface area contributed by atoms with Gasteiger partial charge in [0.15, 0.2) is 6.10 Å². The van der Waals surface area contributed by atoms with Crippen molar-refractivity contribution in [1.82, 2.24) is 0 Å². The van der Waals surface area contributed by atoms with Gasteiger partial charge in [-0.05, 0) is 51.4 Å². The molecule has 0 bridgehead atoms. The van der Waals surface area contributed by atoms with Crippen LogP contribution in [0.3, 0.4) is 0 Å². The summed E-state index contributed by atoms with van der Waals surface area (Å²) >= 11 is 0. The Morgan fingerprint density at radius 2 is 0.474 bits per heavy atom. The molecule has 0 aromatic heterocycles. The number of carbonyl (C=O) groups is 3. The maximum atomic E-state index is 12.9. The van der Waals surface area contributed by atoms with Crippen LogP contribution in [0.15, 0.2) is 24.3 Å². The fourth-order valence-corrected chi connectivity index (χ4v) is 10.5. The van der Waals surface area contributed by atoms with E-state index in [1.54, 1.807) is 0 Å². The third-order valence-corrected chi connectivity index (χ3v) is 15.7. The van der Waals surface area contributed by atoms with Crippen molar-refractivity contribution in [2.24, 2.45) is 0 Å². The van der Waals surface area contributed by atoms with E-state index in [0.29, 0.717) is 19.3 Å². The molecule has 6 nitrogen and oxygen atoms in total. The van der Waals surface area contributed by atoms with Gasteiger partial charge in [0.2, 0.25) is 0 Å². The molecule has 6 heteroatoms. The summed E-state index contributed by atoms with van der Waals surface area (Å²) in [5.41, 5.74) is 0. The zero-order valence-electron chi connectivity index (χ0n) is 51.6. The lowest BCUT2D eigenvalue weighted by atomic mass is 10.0. The van der Waals surface area contributed by atoms with Crippen LogP contribution in [0.4, 0.5) is 0 Å². The van der Waals surface area contributed by atoms with Crippen LogP contribution in [-0.2, 0) is 28.6 Å². The van der Waals surface area contributed by atoms with Gasteiger partial charge in [-0.15, -0.1) is 0 Å². The Morgan fingerprint density at radius 1 is 0.263 bits per heavy atom. The van der Waals surface area contributed by atoms with E-state index >= 15 is 0 Å². The summed E-state index contributed by atoms with van der Waals surface area (Å²) in [4.78, 5) is 38.3. The van der Waals surface area contributed by atoms with Crippen molar-refractivity contribution in [3.63, 3.8) is 0 Å². The normalized spacial score (nSPS) is 12.1. The van der Waals surface area contributed by atoms with E-state index in [-0.39, 0.29) is 31.1 Å². The molecule has 0 aliphatic heterocycles. The first-order chi connectivity index (χ1) is 37.5. The number of ether oxygens (including phenoxy) is 3. The Hall–Kier alpha value is -2.11. The lowest BCUT2D eigenvalue weighted by molar-refractivity contribution is -0.167. The summed E-state index contributed by atoms with van der Waals surface area (Å²) < 4.78 is 17.0. The number of hydrogen-bond donors (Lipinski definition) is 0. The molecule has 0 radical (unpaired) electrons. The first-order valence-electron chi connectivity index (χ1n) is 34.3. The van der Waals surface area contributed by atoms with E-state index in [1.807, 2.05) is 0 Å². The van der Waals surface area contributed by atoms with Gasteiger partial charge in [0.05, 0.1) is 0 Å². The molecule has 0 fully saturated rings.